The van der Waals surface area contributed by atoms with Gasteiger partial charge in [-0.2, -0.15) is 0 Å². The van der Waals surface area contributed by atoms with Crippen LogP contribution in [0.5, 0.6) is 0 Å². The molecule has 0 radical (unpaired) electrons. The van der Waals surface area contributed by atoms with Gasteiger partial charge in [0.25, 0.3) is 0 Å². The summed E-state index contributed by atoms with van der Waals surface area (Å²) in [5, 5.41) is 3.13. The van der Waals surface area contributed by atoms with E-state index in [4.69, 9.17) is 0 Å². The molecular weight excluding hydrogens is 110 g/mol. The monoisotopic (exact) mass is 121 g/mol. The second kappa shape index (κ2) is 3.13. The zero-order valence-electron chi connectivity index (χ0n) is 5.43. The Morgan fingerprint density at radius 3 is 3.22 bits per heavy atom. The van der Waals surface area contributed by atoms with E-state index in [-0.39, 0.29) is 0 Å². The summed E-state index contributed by atoms with van der Waals surface area (Å²) in [6.45, 7) is 3.65. The highest BCUT2D eigenvalue weighted by molar-refractivity contribution is 5.13. The standard InChI is InChI=1S/C8H11N/c1-2-5-8-6-3-4-7-9-8/h2,4,6-7,9H,1,3,5H2. The SMILES string of the molecule is C=CCC1=CCC=CN1. The molecule has 0 aromatic carbocycles. The lowest BCUT2D eigenvalue weighted by Gasteiger charge is -2.06. The van der Waals surface area contributed by atoms with Crippen LogP contribution in [0.4, 0.5) is 0 Å². The van der Waals surface area contributed by atoms with E-state index in [1.54, 1.807) is 0 Å². The zero-order valence-corrected chi connectivity index (χ0v) is 5.43. The Morgan fingerprint density at radius 2 is 2.67 bits per heavy atom. The average molecular weight is 121 g/mol. The van der Waals surface area contributed by atoms with E-state index in [1.165, 1.54) is 5.70 Å². The maximum Gasteiger partial charge on any atom is 0.0147 e. The van der Waals surface area contributed by atoms with Crippen LogP contribution in [-0.4, -0.2) is 0 Å². The van der Waals surface area contributed by atoms with Crippen molar-refractivity contribution in [2.75, 3.05) is 0 Å². The lowest BCUT2D eigenvalue weighted by Crippen LogP contribution is -2.06. The van der Waals surface area contributed by atoms with Gasteiger partial charge in [-0.1, -0.05) is 18.2 Å². The van der Waals surface area contributed by atoms with Gasteiger partial charge < -0.3 is 5.32 Å². The van der Waals surface area contributed by atoms with E-state index in [2.05, 4.69) is 24.0 Å². The fourth-order valence-corrected chi connectivity index (χ4v) is 0.801. The maximum atomic E-state index is 3.65. The number of rotatable bonds is 2. The third kappa shape index (κ3) is 1.76. The molecule has 0 aliphatic carbocycles. The minimum Gasteiger partial charge on any atom is -0.365 e. The van der Waals surface area contributed by atoms with Crippen LogP contribution in [0.25, 0.3) is 0 Å². The Labute approximate surface area is 55.8 Å². The van der Waals surface area contributed by atoms with Gasteiger partial charge in [0.15, 0.2) is 0 Å². The van der Waals surface area contributed by atoms with Crippen molar-refractivity contribution in [3.63, 3.8) is 0 Å². The summed E-state index contributed by atoms with van der Waals surface area (Å²) in [6.07, 6.45) is 10.1. The Morgan fingerprint density at radius 1 is 1.78 bits per heavy atom. The summed E-state index contributed by atoms with van der Waals surface area (Å²) in [6, 6.07) is 0. The van der Waals surface area contributed by atoms with Gasteiger partial charge in [0.2, 0.25) is 0 Å². The van der Waals surface area contributed by atoms with Gasteiger partial charge in [-0.05, 0) is 12.6 Å². The van der Waals surface area contributed by atoms with Crippen molar-refractivity contribution in [3.8, 4) is 0 Å². The first kappa shape index (κ1) is 6.14. The molecule has 0 aromatic heterocycles. The summed E-state index contributed by atoms with van der Waals surface area (Å²) < 4.78 is 0. The van der Waals surface area contributed by atoms with Gasteiger partial charge in [-0.3, -0.25) is 0 Å². The largest absolute Gasteiger partial charge is 0.365 e. The Balaban J connectivity index is 2.40. The van der Waals surface area contributed by atoms with Crippen molar-refractivity contribution in [2.45, 2.75) is 12.8 Å². The molecule has 1 rings (SSSR count). The molecule has 0 aromatic rings. The van der Waals surface area contributed by atoms with Crippen molar-refractivity contribution in [1.82, 2.24) is 5.32 Å². The first-order valence-corrected chi connectivity index (χ1v) is 3.15. The van der Waals surface area contributed by atoms with Crippen molar-refractivity contribution in [3.05, 3.63) is 36.7 Å². The molecule has 1 nitrogen and oxygen atoms in total. The molecule has 0 bridgehead atoms. The third-order valence-electron chi connectivity index (χ3n) is 1.25. The number of allylic oxidation sites excluding steroid dienone is 3. The Bertz CT molecular complexity index is 150. The highest BCUT2D eigenvalue weighted by atomic mass is 14.8. The second-order valence-corrected chi connectivity index (χ2v) is 2.00. The normalized spacial score (nSPS) is 16.2. The van der Waals surface area contributed by atoms with Crippen molar-refractivity contribution < 1.29 is 0 Å². The lowest BCUT2D eigenvalue weighted by molar-refractivity contribution is 0.949. The predicted molar refractivity (Wildman–Crippen MR) is 39.8 cm³/mol. The van der Waals surface area contributed by atoms with Crippen molar-refractivity contribution >= 4 is 0 Å². The molecule has 0 amide bonds. The number of nitrogens with one attached hydrogen (secondary N) is 1. The average Bonchev–Trinajstić information content (AvgIpc) is 1.91. The van der Waals surface area contributed by atoms with Crippen LogP contribution < -0.4 is 5.32 Å². The van der Waals surface area contributed by atoms with Gasteiger partial charge >= 0.3 is 0 Å². The van der Waals surface area contributed by atoms with Crippen LogP contribution in [0.3, 0.4) is 0 Å². The first-order chi connectivity index (χ1) is 4.43. The molecule has 1 heteroatoms. The van der Waals surface area contributed by atoms with Gasteiger partial charge in [-0.25, -0.2) is 0 Å². The van der Waals surface area contributed by atoms with Crippen LogP contribution in [0.1, 0.15) is 12.8 Å². The van der Waals surface area contributed by atoms with Crippen molar-refractivity contribution in [1.29, 1.82) is 0 Å². The maximum absolute atomic E-state index is 3.65. The molecule has 0 fully saturated rings. The molecule has 48 valence electrons. The zero-order chi connectivity index (χ0) is 6.53. The molecule has 0 saturated heterocycles. The van der Waals surface area contributed by atoms with E-state index in [0.29, 0.717) is 0 Å². The smallest absolute Gasteiger partial charge is 0.0147 e. The summed E-state index contributed by atoms with van der Waals surface area (Å²) in [4.78, 5) is 0. The van der Waals surface area contributed by atoms with E-state index >= 15 is 0 Å². The van der Waals surface area contributed by atoms with Crippen LogP contribution in [0.2, 0.25) is 0 Å². The molecular formula is C8H11N. The topological polar surface area (TPSA) is 12.0 Å². The molecule has 0 saturated carbocycles. The third-order valence-corrected chi connectivity index (χ3v) is 1.25. The quantitative estimate of drug-likeness (QED) is 0.550. The van der Waals surface area contributed by atoms with E-state index in [0.717, 1.165) is 12.8 Å². The summed E-state index contributed by atoms with van der Waals surface area (Å²) in [5.41, 5.74) is 1.26. The van der Waals surface area contributed by atoms with Crippen LogP contribution in [0, 0.1) is 0 Å². The number of hydrogen-bond donors (Lipinski definition) is 1. The summed E-state index contributed by atoms with van der Waals surface area (Å²) >= 11 is 0. The summed E-state index contributed by atoms with van der Waals surface area (Å²) in [7, 11) is 0. The van der Waals surface area contributed by atoms with Crippen LogP contribution in [0.15, 0.2) is 36.7 Å². The predicted octanol–water partition coefficient (Wildman–Crippen LogP) is 1.95. The van der Waals surface area contributed by atoms with Gasteiger partial charge in [0, 0.05) is 12.1 Å². The lowest BCUT2D eigenvalue weighted by atomic mass is 10.2. The minimum absolute atomic E-state index is 0.949. The van der Waals surface area contributed by atoms with Crippen LogP contribution in [-0.2, 0) is 0 Å². The molecule has 1 aliphatic heterocycles. The molecule has 0 spiro atoms. The fourth-order valence-electron chi connectivity index (χ4n) is 0.801. The number of dihydropyridines is 1. The fraction of sp³-hybridized carbons (Fsp3) is 0.250. The van der Waals surface area contributed by atoms with Crippen molar-refractivity contribution in [2.24, 2.45) is 0 Å². The van der Waals surface area contributed by atoms with E-state index < -0.39 is 0 Å². The van der Waals surface area contributed by atoms with E-state index in [9.17, 15) is 0 Å². The Kier molecular flexibility index (Phi) is 2.13. The van der Waals surface area contributed by atoms with E-state index in [1.807, 2.05) is 12.3 Å². The van der Waals surface area contributed by atoms with Gasteiger partial charge in [-0.15, -0.1) is 6.58 Å². The highest BCUT2D eigenvalue weighted by Gasteiger charge is 1.92. The molecule has 0 atom stereocenters. The van der Waals surface area contributed by atoms with Gasteiger partial charge in [0.05, 0.1) is 0 Å². The summed E-state index contributed by atoms with van der Waals surface area (Å²) in [5.74, 6) is 0. The van der Waals surface area contributed by atoms with Crippen LogP contribution >= 0.6 is 0 Å². The molecule has 9 heavy (non-hydrogen) atoms. The molecule has 1 heterocycles. The molecule has 1 N–H and O–H groups in total. The molecule has 1 aliphatic rings. The minimum atomic E-state index is 0.949. The van der Waals surface area contributed by atoms with Gasteiger partial charge in [0.1, 0.15) is 0 Å². The molecule has 0 unspecified atom stereocenters. The first-order valence-electron chi connectivity index (χ1n) is 3.15. The second-order valence-electron chi connectivity index (χ2n) is 2.00. The highest BCUT2D eigenvalue weighted by Crippen LogP contribution is 2.03. The Hall–Kier alpha value is -0.980. The number of hydrogen-bond acceptors (Lipinski definition) is 1.